The molecule has 1 aromatic heterocycles. The van der Waals surface area contributed by atoms with Crippen LogP contribution in [0.1, 0.15) is 17.8 Å². The lowest BCUT2D eigenvalue weighted by Gasteiger charge is -2.13. The number of benzene rings is 1. The summed E-state index contributed by atoms with van der Waals surface area (Å²) in [6.07, 6.45) is 2.67. The summed E-state index contributed by atoms with van der Waals surface area (Å²) in [6, 6.07) is 7.81. The molecule has 1 aromatic carbocycles. The highest BCUT2D eigenvalue weighted by atomic mass is 32.1. The number of thiazole rings is 1. The number of carbonyl (C=O) groups is 1. The lowest BCUT2D eigenvalue weighted by Crippen LogP contribution is -2.28. The molecule has 0 atom stereocenters. The van der Waals surface area contributed by atoms with E-state index in [0.29, 0.717) is 6.42 Å². The molecule has 5 heteroatoms. The summed E-state index contributed by atoms with van der Waals surface area (Å²) in [6.45, 7) is 1.80. The Hall–Kier alpha value is -1.88. The predicted octanol–water partition coefficient (Wildman–Crippen LogP) is 2.98. The SMILES string of the molecule is COc1ccc(-c2csc(CC(=O)N3CCCC3)n2)cc1. The van der Waals surface area contributed by atoms with Crippen LogP contribution in [0.15, 0.2) is 29.6 Å². The Labute approximate surface area is 128 Å². The first kappa shape index (κ1) is 14.1. The number of hydrogen-bond donors (Lipinski definition) is 0. The van der Waals surface area contributed by atoms with E-state index in [1.807, 2.05) is 34.5 Å². The summed E-state index contributed by atoms with van der Waals surface area (Å²) < 4.78 is 5.15. The minimum Gasteiger partial charge on any atom is -0.497 e. The third-order valence-electron chi connectivity index (χ3n) is 3.70. The van der Waals surface area contributed by atoms with Crippen LogP contribution in [0.2, 0.25) is 0 Å². The van der Waals surface area contributed by atoms with Gasteiger partial charge >= 0.3 is 0 Å². The van der Waals surface area contributed by atoms with Gasteiger partial charge in [0.1, 0.15) is 10.8 Å². The molecule has 4 nitrogen and oxygen atoms in total. The van der Waals surface area contributed by atoms with Gasteiger partial charge in [0.25, 0.3) is 0 Å². The second-order valence-corrected chi connectivity index (χ2v) is 6.06. The van der Waals surface area contributed by atoms with E-state index in [0.717, 1.165) is 47.9 Å². The Kier molecular flexibility index (Phi) is 4.20. The minimum absolute atomic E-state index is 0.197. The summed E-state index contributed by atoms with van der Waals surface area (Å²) in [4.78, 5) is 18.6. The highest BCUT2D eigenvalue weighted by Gasteiger charge is 2.19. The number of aromatic nitrogens is 1. The Morgan fingerprint density at radius 1 is 1.29 bits per heavy atom. The molecule has 1 amide bonds. The van der Waals surface area contributed by atoms with Crippen molar-refractivity contribution in [3.8, 4) is 17.0 Å². The number of nitrogens with zero attached hydrogens (tertiary/aromatic N) is 2. The molecule has 0 aliphatic carbocycles. The molecule has 1 saturated heterocycles. The summed E-state index contributed by atoms with van der Waals surface area (Å²) in [5.74, 6) is 1.03. The minimum atomic E-state index is 0.197. The fourth-order valence-electron chi connectivity index (χ4n) is 2.49. The van der Waals surface area contributed by atoms with Gasteiger partial charge in [-0.25, -0.2) is 4.98 Å². The summed E-state index contributed by atoms with van der Waals surface area (Å²) >= 11 is 1.55. The van der Waals surface area contributed by atoms with Crippen molar-refractivity contribution in [1.29, 1.82) is 0 Å². The molecule has 0 N–H and O–H groups in total. The number of methoxy groups -OCH3 is 1. The Morgan fingerprint density at radius 3 is 2.67 bits per heavy atom. The van der Waals surface area contributed by atoms with Crippen LogP contribution < -0.4 is 4.74 Å². The maximum absolute atomic E-state index is 12.1. The lowest BCUT2D eigenvalue weighted by atomic mass is 10.2. The van der Waals surface area contributed by atoms with Crippen molar-refractivity contribution in [2.24, 2.45) is 0 Å². The van der Waals surface area contributed by atoms with Gasteiger partial charge in [-0.05, 0) is 37.1 Å². The summed E-state index contributed by atoms with van der Waals surface area (Å²) in [5, 5.41) is 2.90. The zero-order valence-electron chi connectivity index (χ0n) is 12.0. The van der Waals surface area contributed by atoms with E-state index in [1.54, 1.807) is 18.4 Å². The molecule has 0 bridgehead atoms. The van der Waals surface area contributed by atoms with E-state index in [4.69, 9.17) is 4.74 Å². The van der Waals surface area contributed by atoms with Crippen molar-refractivity contribution >= 4 is 17.2 Å². The van der Waals surface area contributed by atoms with E-state index in [-0.39, 0.29) is 5.91 Å². The summed E-state index contributed by atoms with van der Waals surface area (Å²) in [5.41, 5.74) is 1.97. The number of likely N-dealkylation sites (tertiary alicyclic amines) is 1. The average Bonchev–Trinajstić information content (AvgIpc) is 3.19. The molecular formula is C16H18N2O2S. The molecule has 1 aliphatic rings. The van der Waals surface area contributed by atoms with Crippen LogP contribution in [0.4, 0.5) is 0 Å². The topological polar surface area (TPSA) is 42.4 Å². The quantitative estimate of drug-likeness (QED) is 0.872. The first-order valence-electron chi connectivity index (χ1n) is 7.13. The fourth-order valence-corrected chi connectivity index (χ4v) is 3.29. The number of hydrogen-bond acceptors (Lipinski definition) is 4. The van der Waals surface area contributed by atoms with Gasteiger partial charge in [-0.2, -0.15) is 0 Å². The first-order valence-corrected chi connectivity index (χ1v) is 8.01. The van der Waals surface area contributed by atoms with Gasteiger partial charge in [0.05, 0.1) is 19.2 Å². The summed E-state index contributed by atoms with van der Waals surface area (Å²) in [7, 11) is 1.65. The normalized spacial score (nSPS) is 14.4. The molecule has 2 heterocycles. The zero-order valence-corrected chi connectivity index (χ0v) is 12.9. The second-order valence-electron chi connectivity index (χ2n) is 5.12. The molecule has 1 fully saturated rings. The lowest BCUT2D eigenvalue weighted by molar-refractivity contribution is -0.129. The Bertz CT molecular complexity index is 615. The van der Waals surface area contributed by atoms with E-state index < -0.39 is 0 Å². The van der Waals surface area contributed by atoms with Crippen molar-refractivity contribution in [2.45, 2.75) is 19.3 Å². The number of rotatable bonds is 4. The van der Waals surface area contributed by atoms with Crippen LogP contribution in [0, 0.1) is 0 Å². The zero-order chi connectivity index (χ0) is 14.7. The van der Waals surface area contributed by atoms with Crippen LogP contribution in [-0.2, 0) is 11.2 Å². The number of ether oxygens (including phenoxy) is 1. The van der Waals surface area contributed by atoms with Gasteiger partial charge < -0.3 is 9.64 Å². The highest BCUT2D eigenvalue weighted by molar-refractivity contribution is 7.10. The predicted molar refractivity (Wildman–Crippen MR) is 83.6 cm³/mol. The van der Waals surface area contributed by atoms with Crippen molar-refractivity contribution in [2.75, 3.05) is 20.2 Å². The molecule has 0 spiro atoms. The molecule has 0 saturated carbocycles. The maximum atomic E-state index is 12.1. The third kappa shape index (κ3) is 3.24. The van der Waals surface area contributed by atoms with Crippen LogP contribution in [0.5, 0.6) is 5.75 Å². The Balaban J connectivity index is 1.68. The van der Waals surface area contributed by atoms with Gasteiger partial charge in [-0.1, -0.05) is 0 Å². The van der Waals surface area contributed by atoms with Gasteiger partial charge in [0, 0.05) is 24.0 Å². The van der Waals surface area contributed by atoms with Crippen molar-refractivity contribution in [1.82, 2.24) is 9.88 Å². The third-order valence-corrected chi connectivity index (χ3v) is 4.55. The number of carbonyl (C=O) groups excluding carboxylic acids is 1. The largest absolute Gasteiger partial charge is 0.497 e. The van der Waals surface area contributed by atoms with Crippen molar-refractivity contribution in [3.05, 3.63) is 34.7 Å². The van der Waals surface area contributed by atoms with Crippen LogP contribution in [0.3, 0.4) is 0 Å². The average molecular weight is 302 g/mol. The molecule has 2 aromatic rings. The first-order chi connectivity index (χ1) is 10.3. The molecule has 0 unspecified atom stereocenters. The van der Waals surface area contributed by atoms with E-state index in [2.05, 4.69) is 4.98 Å². The van der Waals surface area contributed by atoms with Crippen LogP contribution >= 0.6 is 11.3 Å². The van der Waals surface area contributed by atoms with Crippen molar-refractivity contribution < 1.29 is 9.53 Å². The van der Waals surface area contributed by atoms with Crippen LogP contribution in [0.25, 0.3) is 11.3 Å². The molecule has 110 valence electrons. The Morgan fingerprint density at radius 2 is 2.00 bits per heavy atom. The monoisotopic (exact) mass is 302 g/mol. The van der Waals surface area contributed by atoms with E-state index >= 15 is 0 Å². The number of amides is 1. The second kappa shape index (κ2) is 6.26. The van der Waals surface area contributed by atoms with Gasteiger partial charge in [-0.15, -0.1) is 11.3 Å². The highest BCUT2D eigenvalue weighted by Crippen LogP contribution is 2.24. The standard InChI is InChI=1S/C16H18N2O2S/c1-20-13-6-4-12(5-7-13)14-11-21-15(17-14)10-16(19)18-8-2-3-9-18/h4-7,11H,2-3,8-10H2,1H3. The van der Waals surface area contributed by atoms with Crippen molar-refractivity contribution in [3.63, 3.8) is 0 Å². The molecule has 21 heavy (non-hydrogen) atoms. The van der Waals surface area contributed by atoms with Gasteiger partial charge in [-0.3, -0.25) is 4.79 Å². The molecular weight excluding hydrogens is 284 g/mol. The molecule has 3 rings (SSSR count). The van der Waals surface area contributed by atoms with E-state index in [9.17, 15) is 4.79 Å². The van der Waals surface area contributed by atoms with Crippen LogP contribution in [-0.4, -0.2) is 36.0 Å². The van der Waals surface area contributed by atoms with Gasteiger partial charge in [0.15, 0.2) is 0 Å². The molecule has 0 radical (unpaired) electrons. The van der Waals surface area contributed by atoms with E-state index in [1.165, 1.54) is 0 Å². The maximum Gasteiger partial charge on any atom is 0.229 e. The fraction of sp³-hybridized carbons (Fsp3) is 0.375. The smallest absolute Gasteiger partial charge is 0.229 e. The molecule has 1 aliphatic heterocycles. The van der Waals surface area contributed by atoms with Gasteiger partial charge in [0.2, 0.25) is 5.91 Å².